The molecule has 0 radical (unpaired) electrons. The van der Waals surface area contributed by atoms with Gasteiger partial charge in [-0.15, -0.1) is 0 Å². The van der Waals surface area contributed by atoms with Crippen LogP contribution in [0.5, 0.6) is 0 Å². The summed E-state index contributed by atoms with van der Waals surface area (Å²) in [5.74, 6) is -0.256. The Labute approximate surface area is 126 Å². The first kappa shape index (κ1) is 16.0. The Morgan fingerprint density at radius 2 is 1.95 bits per heavy atom. The summed E-state index contributed by atoms with van der Waals surface area (Å²) >= 11 is 0. The molecule has 1 saturated carbocycles. The minimum atomic E-state index is -3.81. The van der Waals surface area contributed by atoms with E-state index in [-0.39, 0.29) is 16.2 Å². The van der Waals surface area contributed by atoms with Crippen molar-refractivity contribution in [2.75, 3.05) is 6.54 Å². The molecule has 0 saturated heterocycles. The van der Waals surface area contributed by atoms with Gasteiger partial charge in [-0.3, -0.25) is 4.79 Å². The summed E-state index contributed by atoms with van der Waals surface area (Å²) in [6.45, 7) is 4.44. The summed E-state index contributed by atoms with van der Waals surface area (Å²) < 4.78 is 23.0. The van der Waals surface area contributed by atoms with Crippen molar-refractivity contribution in [3.63, 3.8) is 0 Å². The third-order valence-corrected chi connectivity index (χ3v) is 5.30. The first-order valence-corrected chi connectivity index (χ1v) is 8.68. The van der Waals surface area contributed by atoms with Crippen LogP contribution < -0.4 is 10.5 Å². The molecule has 5 nitrogen and oxygen atoms in total. The van der Waals surface area contributed by atoms with Gasteiger partial charge in [0.05, 0.1) is 4.90 Å². The molecule has 1 aromatic carbocycles. The van der Waals surface area contributed by atoms with E-state index in [1.54, 1.807) is 19.1 Å². The molecule has 0 heterocycles. The molecule has 0 bridgehead atoms. The molecule has 6 heteroatoms. The van der Waals surface area contributed by atoms with Gasteiger partial charge in [-0.25, -0.2) is 13.6 Å². The third-order valence-electron chi connectivity index (χ3n) is 4.24. The quantitative estimate of drug-likeness (QED) is 0.890. The van der Waals surface area contributed by atoms with Gasteiger partial charge in [-0.2, -0.15) is 0 Å². The fraction of sp³-hybridized carbons (Fsp3) is 0.533. The standard InChI is InChI=1S/C15H22N2O3S/c1-11-5-6-12(9-13(11)21(16,19)20)14(18)17-10-15(2)7-3-4-8-15/h5-6,9H,3-4,7-8,10H2,1-2H3,(H,17,18)(H2,16,19,20). The molecule has 1 fully saturated rings. The lowest BCUT2D eigenvalue weighted by Crippen LogP contribution is -2.34. The van der Waals surface area contributed by atoms with Gasteiger partial charge in [0, 0.05) is 12.1 Å². The molecular formula is C15H22N2O3S. The van der Waals surface area contributed by atoms with Crippen molar-refractivity contribution in [1.82, 2.24) is 5.32 Å². The number of nitrogens with two attached hydrogens (primary N) is 1. The number of aryl methyl sites for hydroxylation is 1. The second-order valence-corrected chi connectivity index (χ2v) is 7.76. The number of carbonyl (C=O) groups is 1. The molecule has 2 rings (SSSR count). The molecule has 3 N–H and O–H groups in total. The highest BCUT2D eigenvalue weighted by atomic mass is 32.2. The van der Waals surface area contributed by atoms with Crippen LogP contribution in [0.15, 0.2) is 23.1 Å². The summed E-state index contributed by atoms with van der Waals surface area (Å²) in [6.07, 6.45) is 4.63. The van der Waals surface area contributed by atoms with Gasteiger partial charge >= 0.3 is 0 Å². The first-order chi connectivity index (χ1) is 9.71. The number of carbonyl (C=O) groups excluding carboxylic acids is 1. The lowest BCUT2D eigenvalue weighted by Gasteiger charge is -2.23. The molecule has 0 aliphatic heterocycles. The van der Waals surface area contributed by atoms with Crippen molar-refractivity contribution in [1.29, 1.82) is 0 Å². The zero-order valence-corrected chi connectivity index (χ0v) is 13.3. The van der Waals surface area contributed by atoms with Crippen LogP contribution in [0.25, 0.3) is 0 Å². The molecular weight excluding hydrogens is 288 g/mol. The van der Waals surface area contributed by atoms with Crippen molar-refractivity contribution in [2.24, 2.45) is 10.6 Å². The van der Waals surface area contributed by atoms with Gasteiger partial charge in [-0.05, 0) is 42.9 Å². The smallest absolute Gasteiger partial charge is 0.251 e. The van der Waals surface area contributed by atoms with Crippen LogP contribution in [-0.4, -0.2) is 20.9 Å². The van der Waals surface area contributed by atoms with Gasteiger partial charge in [0.2, 0.25) is 10.0 Å². The molecule has 21 heavy (non-hydrogen) atoms. The van der Waals surface area contributed by atoms with Crippen LogP contribution in [0, 0.1) is 12.3 Å². The maximum Gasteiger partial charge on any atom is 0.251 e. The number of rotatable bonds is 4. The third kappa shape index (κ3) is 3.83. The summed E-state index contributed by atoms with van der Waals surface area (Å²) in [5, 5.41) is 8.07. The SMILES string of the molecule is Cc1ccc(C(=O)NCC2(C)CCCC2)cc1S(N)(=O)=O. The molecule has 1 aromatic rings. The van der Waals surface area contributed by atoms with Crippen molar-refractivity contribution in [3.8, 4) is 0 Å². The van der Waals surface area contributed by atoms with E-state index in [1.165, 1.54) is 18.9 Å². The molecule has 1 aliphatic rings. The number of primary sulfonamides is 1. The minimum Gasteiger partial charge on any atom is -0.351 e. The lowest BCUT2D eigenvalue weighted by molar-refractivity contribution is 0.0934. The molecule has 1 amide bonds. The van der Waals surface area contributed by atoms with Crippen LogP contribution in [0.1, 0.15) is 48.5 Å². The molecule has 0 aromatic heterocycles. The highest BCUT2D eigenvalue weighted by Gasteiger charge is 2.29. The van der Waals surface area contributed by atoms with E-state index in [9.17, 15) is 13.2 Å². The van der Waals surface area contributed by atoms with Crippen molar-refractivity contribution in [3.05, 3.63) is 29.3 Å². The number of benzene rings is 1. The summed E-state index contributed by atoms with van der Waals surface area (Å²) in [4.78, 5) is 12.2. The van der Waals surface area contributed by atoms with E-state index in [2.05, 4.69) is 12.2 Å². The lowest BCUT2D eigenvalue weighted by atomic mass is 9.89. The number of hydrogen-bond acceptors (Lipinski definition) is 3. The average molecular weight is 310 g/mol. The predicted octanol–water partition coefficient (Wildman–Crippen LogP) is 1.95. The van der Waals surface area contributed by atoms with Gasteiger partial charge in [0.25, 0.3) is 5.91 Å². The molecule has 116 valence electrons. The Morgan fingerprint density at radius 1 is 1.33 bits per heavy atom. The minimum absolute atomic E-state index is 0.00206. The maximum atomic E-state index is 12.2. The molecule has 0 unspecified atom stereocenters. The fourth-order valence-electron chi connectivity index (χ4n) is 2.85. The van der Waals surface area contributed by atoms with E-state index < -0.39 is 10.0 Å². The maximum absolute atomic E-state index is 12.2. The molecule has 0 atom stereocenters. The van der Waals surface area contributed by atoms with Gasteiger partial charge < -0.3 is 5.32 Å². The normalized spacial score (nSPS) is 17.7. The van der Waals surface area contributed by atoms with E-state index >= 15 is 0 Å². The summed E-state index contributed by atoms with van der Waals surface area (Å²) in [6, 6.07) is 4.57. The second kappa shape index (κ2) is 5.77. The van der Waals surface area contributed by atoms with Crippen molar-refractivity contribution < 1.29 is 13.2 Å². The zero-order chi connectivity index (χ0) is 15.7. The molecule has 1 aliphatic carbocycles. The Hall–Kier alpha value is -1.40. The Balaban J connectivity index is 2.13. The van der Waals surface area contributed by atoms with E-state index in [4.69, 9.17) is 5.14 Å². The van der Waals surface area contributed by atoms with Crippen molar-refractivity contribution in [2.45, 2.75) is 44.4 Å². The van der Waals surface area contributed by atoms with E-state index in [0.29, 0.717) is 17.7 Å². The average Bonchev–Trinajstić information content (AvgIpc) is 2.83. The van der Waals surface area contributed by atoms with Crippen molar-refractivity contribution >= 4 is 15.9 Å². The Kier molecular flexibility index (Phi) is 4.39. The van der Waals surface area contributed by atoms with Gasteiger partial charge in [0.15, 0.2) is 0 Å². The predicted molar refractivity (Wildman–Crippen MR) is 81.5 cm³/mol. The van der Waals surface area contributed by atoms with Crippen LogP contribution in [0.4, 0.5) is 0 Å². The van der Waals surface area contributed by atoms with E-state index in [1.807, 2.05) is 0 Å². The topological polar surface area (TPSA) is 89.3 Å². The van der Waals surface area contributed by atoms with E-state index in [0.717, 1.165) is 12.8 Å². The number of sulfonamides is 1. The zero-order valence-electron chi connectivity index (χ0n) is 12.5. The number of nitrogens with one attached hydrogen (secondary N) is 1. The number of amides is 1. The second-order valence-electron chi connectivity index (χ2n) is 6.23. The van der Waals surface area contributed by atoms with Crippen LogP contribution in [0.2, 0.25) is 0 Å². The van der Waals surface area contributed by atoms with Gasteiger partial charge in [-0.1, -0.05) is 25.8 Å². The molecule has 0 spiro atoms. The first-order valence-electron chi connectivity index (χ1n) is 7.13. The summed E-state index contributed by atoms with van der Waals surface area (Å²) in [5.41, 5.74) is 1.02. The van der Waals surface area contributed by atoms with Crippen LogP contribution in [-0.2, 0) is 10.0 Å². The number of hydrogen-bond donors (Lipinski definition) is 2. The van der Waals surface area contributed by atoms with Crippen LogP contribution in [0.3, 0.4) is 0 Å². The Bertz CT molecular complexity index is 647. The summed E-state index contributed by atoms with van der Waals surface area (Å²) in [7, 11) is -3.81. The van der Waals surface area contributed by atoms with Gasteiger partial charge in [0.1, 0.15) is 0 Å². The van der Waals surface area contributed by atoms with Crippen LogP contribution >= 0.6 is 0 Å². The fourth-order valence-corrected chi connectivity index (χ4v) is 3.66. The highest BCUT2D eigenvalue weighted by Crippen LogP contribution is 2.36. The largest absolute Gasteiger partial charge is 0.351 e. The Morgan fingerprint density at radius 3 is 2.52 bits per heavy atom. The monoisotopic (exact) mass is 310 g/mol. The highest BCUT2D eigenvalue weighted by molar-refractivity contribution is 7.89.